The summed E-state index contributed by atoms with van der Waals surface area (Å²) in [7, 11) is 0. The number of amides is 1. The van der Waals surface area contributed by atoms with Gasteiger partial charge in [0.1, 0.15) is 10.6 Å². The van der Waals surface area contributed by atoms with Crippen molar-refractivity contribution in [3.8, 4) is 11.1 Å². The number of para-hydroxylation sites is 1. The van der Waals surface area contributed by atoms with Crippen LogP contribution in [0, 0.1) is 0 Å². The second-order valence-electron chi connectivity index (χ2n) is 7.73. The van der Waals surface area contributed by atoms with E-state index in [1.54, 1.807) is 19.1 Å². The number of ether oxygens (including phenoxy) is 1. The van der Waals surface area contributed by atoms with E-state index >= 15 is 0 Å². The molecule has 1 aliphatic rings. The number of esters is 1. The molecular weight excluding hydrogens is 458 g/mol. The Hall–Kier alpha value is -2.87. The van der Waals surface area contributed by atoms with Crippen molar-refractivity contribution in [1.82, 2.24) is 4.90 Å². The number of rotatable bonds is 7. The highest BCUT2D eigenvalue weighted by Gasteiger charge is 2.24. The number of benzene rings is 2. The molecule has 0 bridgehead atoms. The fraction of sp³-hybridized carbons (Fsp3) is 0.280. The third kappa shape index (κ3) is 5.74. The third-order valence-electron chi connectivity index (χ3n) is 5.54. The van der Waals surface area contributed by atoms with Gasteiger partial charge in [0.2, 0.25) is 5.91 Å². The Labute approximate surface area is 202 Å². The minimum Gasteiger partial charge on any atom is -0.462 e. The minimum absolute atomic E-state index is 0.141. The normalized spacial score (nSPS) is 14.2. The van der Waals surface area contributed by atoms with Gasteiger partial charge in [-0.05, 0) is 36.8 Å². The first-order chi connectivity index (χ1) is 16.0. The van der Waals surface area contributed by atoms with Gasteiger partial charge in [0.05, 0.1) is 13.2 Å². The average molecular weight is 484 g/mol. The minimum atomic E-state index is -0.449. The lowest BCUT2D eigenvalue weighted by Crippen LogP contribution is -2.48. The van der Waals surface area contributed by atoms with Gasteiger partial charge in [-0.2, -0.15) is 0 Å². The lowest BCUT2D eigenvalue weighted by Gasteiger charge is -2.35. The van der Waals surface area contributed by atoms with Crippen LogP contribution in [0.1, 0.15) is 17.3 Å². The second-order valence-corrected chi connectivity index (χ2v) is 9.04. The van der Waals surface area contributed by atoms with Crippen LogP contribution in [0.5, 0.6) is 0 Å². The van der Waals surface area contributed by atoms with E-state index in [0.717, 1.165) is 37.3 Å². The van der Waals surface area contributed by atoms with Crippen molar-refractivity contribution in [2.75, 3.05) is 49.5 Å². The number of carbonyl (C=O) groups excluding carboxylic acids is 2. The number of nitrogens with one attached hydrogen (secondary N) is 1. The van der Waals surface area contributed by atoms with Crippen LogP contribution >= 0.6 is 22.9 Å². The first kappa shape index (κ1) is 23.3. The Morgan fingerprint density at radius 3 is 2.39 bits per heavy atom. The molecule has 1 N–H and O–H groups in total. The first-order valence-corrected chi connectivity index (χ1v) is 12.2. The maximum Gasteiger partial charge on any atom is 0.341 e. The van der Waals surface area contributed by atoms with Gasteiger partial charge in [0, 0.05) is 47.8 Å². The highest BCUT2D eigenvalue weighted by molar-refractivity contribution is 7.15. The smallest absolute Gasteiger partial charge is 0.341 e. The molecule has 1 aromatic heterocycles. The van der Waals surface area contributed by atoms with Crippen LogP contribution in [0.2, 0.25) is 5.02 Å². The predicted octanol–water partition coefficient (Wildman–Crippen LogP) is 5.01. The van der Waals surface area contributed by atoms with Crippen LogP contribution in [-0.2, 0) is 9.53 Å². The van der Waals surface area contributed by atoms with E-state index in [0.29, 0.717) is 15.6 Å². The summed E-state index contributed by atoms with van der Waals surface area (Å²) in [6.07, 6.45) is 0. The largest absolute Gasteiger partial charge is 0.462 e. The van der Waals surface area contributed by atoms with E-state index in [4.69, 9.17) is 16.3 Å². The number of thiophene rings is 1. The number of carbonyl (C=O) groups is 2. The second kappa shape index (κ2) is 10.8. The van der Waals surface area contributed by atoms with Crippen molar-refractivity contribution in [2.45, 2.75) is 6.92 Å². The molecular formula is C25H26ClN3O3S. The SMILES string of the molecule is CCOC(=O)c1c(-c2ccc(Cl)cc2)csc1NC(=O)CN1CCN(c2ccccc2)CC1. The standard InChI is InChI=1S/C25H26ClN3O3S/c1-2-32-25(31)23-21(18-8-10-19(26)11-9-18)17-33-24(23)27-22(30)16-28-12-14-29(15-13-28)20-6-4-3-5-7-20/h3-11,17H,2,12-16H2,1H3,(H,27,30). The molecule has 0 radical (unpaired) electrons. The van der Waals surface area contributed by atoms with Gasteiger partial charge in [-0.1, -0.05) is 41.9 Å². The Kier molecular flexibility index (Phi) is 7.65. The molecule has 0 aliphatic carbocycles. The maximum atomic E-state index is 12.8. The molecule has 0 unspecified atom stereocenters. The number of hydrogen-bond donors (Lipinski definition) is 1. The van der Waals surface area contributed by atoms with Crippen LogP contribution in [0.15, 0.2) is 60.0 Å². The van der Waals surface area contributed by atoms with Crippen molar-refractivity contribution in [1.29, 1.82) is 0 Å². The molecule has 1 saturated heterocycles. The van der Waals surface area contributed by atoms with E-state index in [-0.39, 0.29) is 19.1 Å². The molecule has 2 aromatic carbocycles. The Morgan fingerprint density at radius 1 is 1.03 bits per heavy atom. The van der Waals surface area contributed by atoms with Crippen LogP contribution < -0.4 is 10.2 Å². The summed E-state index contributed by atoms with van der Waals surface area (Å²) in [6, 6.07) is 17.6. The molecule has 0 saturated carbocycles. The van der Waals surface area contributed by atoms with Crippen molar-refractivity contribution in [3.63, 3.8) is 0 Å². The lowest BCUT2D eigenvalue weighted by molar-refractivity contribution is -0.117. The molecule has 6 nitrogen and oxygen atoms in total. The van der Waals surface area contributed by atoms with Gasteiger partial charge in [-0.25, -0.2) is 4.79 Å². The monoisotopic (exact) mass is 483 g/mol. The number of halogens is 1. The molecule has 172 valence electrons. The molecule has 1 amide bonds. The molecule has 4 rings (SSSR count). The van der Waals surface area contributed by atoms with Crippen molar-refractivity contribution < 1.29 is 14.3 Å². The van der Waals surface area contributed by atoms with Crippen molar-refractivity contribution in [2.24, 2.45) is 0 Å². The van der Waals surface area contributed by atoms with E-state index in [2.05, 4.69) is 27.2 Å². The van der Waals surface area contributed by atoms with Gasteiger partial charge in [0.25, 0.3) is 0 Å². The summed E-state index contributed by atoms with van der Waals surface area (Å²) in [5.41, 5.74) is 3.15. The molecule has 2 heterocycles. The lowest BCUT2D eigenvalue weighted by atomic mass is 10.0. The molecule has 1 aliphatic heterocycles. The van der Waals surface area contributed by atoms with E-state index in [9.17, 15) is 9.59 Å². The number of hydrogen-bond acceptors (Lipinski definition) is 6. The quantitative estimate of drug-likeness (QED) is 0.479. The summed E-state index contributed by atoms with van der Waals surface area (Å²) in [5.74, 6) is -0.589. The third-order valence-corrected chi connectivity index (χ3v) is 6.69. The maximum absolute atomic E-state index is 12.8. The zero-order valence-electron chi connectivity index (χ0n) is 18.4. The summed E-state index contributed by atoms with van der Waals surface area (Å²) in [5, 5.41) is 5.93. The van der Waals surface area contributed by atoms with Gasteiger partial charge < -0.3 is 15.0 Å². The van der Waals surface area contributed by atoms with Crippen LogP contribution in [0.4, 0.5) is 10.7 Å². The Balaban J connectivity index is 1.42. The predicted molar refractivity (Wildman–Crippen MR) is 134 cm³/mol. The molecule has 33 heavy (non-hydrogen) atoms. The van der Waals surface area contributed by atoms with E-state index in [1.165, 1.54) is 17.0 Å². The molecule has 0 atom stereocenters. The Bertz CT molecular complexity index is 1090. The number of piperazine rings is 1. The molecule has 3 aromatic rings. The zero-order chi connectivity index (χ0) is 23.2. The van der Waals surface area contributed by atoms with Crippen molar-refractivity contribution >= 4 is 45.5 Å². The van der Waals surface area contributed by atoms with Gasteiger partial charge in [-0.15, -0.1) is 11.3 Å². The number of anilines is 2. The van der Waals surface area contributed by atoms with Crippen LogP contribution in [0.25, 0.3) is 11.1 Å². The zero-order valence-corrected chi connectivity index (χ0v) is 20.0. The molecule has 8 heteroatoms. The molecule has 0 spiro atoms. The highest BCUT2D eigenvalue weighted by Crippen LogP contribution is 2.36. The van der Waals surface area contributed by atoms with Gasteiger partial charge in [0.15, 0.2) is 0 Å². The highest BCUT2D eigenvalue weighted by atomic mass is 35.5. The fourth-order valence-corrected chi connectivity index (χ4v) is 4.97. The first-order valence-electron chi connectivity index (χ1n) is 10.9. The summed E-state index contributed by atoms with van der Waals surface area (Å²) in [4.78, 5) is 30.0. The van der Waals surface area contributed by atoms with E-state index in [1.807, 2.05) is 35.7 Å². The topological polar surface area (TPSA) is 61.9 Å². The number of nitrogens with zero attached hydrogens (tertiary/aromatic N) is 2. The van der Waals surface area contributed by atoms with Gasteiger partial charge >= 0.3 is 5.97 Å². The average Bonchev–Trinajstić information content (AvgIpc) is 3.24. The van der Waals surface area contributed by atoms with Gasteiger partial charge in [-0.3, -0.25) is 9.69 Å². The van der Waals surface area contributed by atoms with Crippen molar-refractivity contribution in [3.05, 3.63) is 70.6 Å². The van der Waals surface area contributed by atoms with Crippen LogP contribution in [0.3, 0.4) is 0 Å². The molecule has 1 fully saturated rings. The van der Waals surface area contributed by atoms with Crippen LogP contribution in [-0.4, -0.2) is 56.1 Å². The summed E-state index contributed by atoms with van der Waals surface area (Å²) >= 11 is 7.33. The van der Waals surface area contributed by atoms with E-state index < -0.39 is 5.97 Å². The Morgan fingerprint density at radius 2 is 1.73 bits per heavy atom. The fourth-order valence-electron chi connectivity index (χ4n) is 3.87. The summed E-state index contributed by atoms with van der Waals surface area (Å²) < 4.78 is 5.27. The summed E-state index contributed by atoms with van der Waals surface area (Å²) in [6.45, 7) is 5.63.